The van der Waals surface area contributed by atoms with Gasteiger partial charge in [-0.3, -0.25) is 9.88 Å². The Kier molecular flexibility index (Phi) is 7.94. The van der Waals surface area contributed by atoms with Crippen LogP contribution >= 0.6 is 0 Å². The van der Waals surface area contributed by atoms with E-state index >= 15 is 0 Å². The van der Waals surface area contributed by atoms with Crippen LogP contribution in [-0.4, -0.2) is 56.4 Å². The minimum absolute atomic E-state index is 0.0733. The number of nitrogens with zero attached hydrogens (tertiary/aromatic N) is 2. The summed E-state index contributed by atoms with van der Waals surface area (Å²) in [5.41, 5.74) is 2.61. The van der Waals surface area contributed by atoms with Gasteiger partial charge in [-0.1, -0.05) is 36.4 Å². The van der Waals surface area contributed by atoms with E-state index in [0.29, 0.717) is 12.5 Å². The molecular formula is C25H35N3O3S. The number of hydrogen-bond donors (Lipinski definition) is 1. The third-order valence-electron chi connectivity index (χ3n) is 6.80. The van der Waals surface area contributed by atoms with Gasteiger partial charge in [0.15, 0.2) is 0 Å². The number of sulfonamides is 1. The summed E-state index contributed by atoms with van der Waals surface area (Å²) in [5.74, 6) is 0.766. The molecule has 2 unspecified atom stereocenters. The van der Waals surface area contributed by atoms with Crippen molar-refractivity contribution in [3.05, 3.63) is 66.0 Å². The van der Waals surface area contributed by atoms with Crippen molar-refractivity contribution in [2.45, 2.75) is 56.7 Å². The Labute approximate surface area is 192 Å². The predicted octanol–water partition coefficient (Wildman–Crippen LogP) is 3.56. The smallest absolute Gasteiger partial charge is 0.208 e. The number of benzene rings is 1. The molecule has 4 rings (SSSR count). The molecule has 2 aromatic rings. The molecule has 1 saturated heterocycles. The largest absolute Gasteiger partial charge is 0.378 e. The van der Waals surface area contributed by atoms with Crippen LogP contribution in [0.2, 0.25) is 0 Å². The molecule has 1 N–H and O–H groups in total. The maximum atomic E-state index is 11.9. The molecule has 1 aromatic carbocycles. The zero-order valence-corrected chi connectivity index (χ0v) is 19.7. The van der Waals surface area contributed by atoms with Crippen LogP contribution in [-0.2, 0) is 21.3 Å². The molecule has 2 aliphatic rings. The Morgan fingerprint density at radius 2 is 1.84 bits per heavy atom. The van der Waals surface area contributed by atoms with Gasteiger partial charge in [0.2, 0.25) is 10.0 Å². The molecule has 6 nitrogen and oxygen atoms in total. The van der Waals surface area contributed by atoms with Crippen LogP contribution in [0.3, 0.4) is 0 Å². The van der Waals surface area contributed by atoms with Gasteiger partial charge in [-0.2, -0.15) is 0 Å². The van der Waals surface area contributed by atoms with Crippen LogP contribution < -0.4 is 4.72 Å². The highest BCUT2D eigenvalue weighted by atomic mass is 32.2. The zero-order chi connectivity index (χ0) is 22.4. The van der Waals surface area contributed by atoms with Crippen LogP contribution in [0.4, 0.5) is 0 Å². The van der Waals surface area contributed by atoms with Gasteiger partial charge < -0.3 is 4.74 Å². The molecule has 1 aliphatic carbocycles. The highest BCUT2D eigenvalue weighted by Gasteiger charge is 2.32. The van der Waals surface area contributed by atoms with Crippen LogP contribution in [0.25, 0.3) is 0 Å². The van der Waals surface area contributed by atoms with Crippen molar-refractivity contribution in [1.29, 1.82) is 0 Å². The summed E-state index contributed by atoms with van der Waals surface area (Å²) in [6.45, 7) is 3.11. The lowest BCUT2D eigenvalue weighted by atomic mass is 9.82. The molecule has 1 saturated carbocycles. The molecule has 0 spiro atoms. The molecule has 2 atom stereocenters. The maximum Gasteiger partial charge on any atom is 0.208 e. The molecular weight excluding hydrogens is 422 g/mol. The Morgan fingerprint density at radius 3 is 2.53 bits per heavy atom. The van der Waals surface area contributed by atoms with Gasteiger partial charge >= 0.3 is 0 Å². The quantitative estimate of drug-likeness (QED) is 0.656. The lowest BCUT2D eigenvalue weighted by Gasteiger charge is -2.39. The summed E-state index contributed by atoms with van der Waals surface area (Å²) < 4.78 is 33.1. The minimum atomic E-state index is -3.25. The number of aromatic nitrogens is 1. The van der Waals surface area contributed by atoms with Crippen LogP contribution in [0.5, 0.6) is 0 Å². The number of hydrogen-bond acceptors (Lipinski definition) is 5. The normalized spacial score (nSPS) is 27.3. The van der Waals surface area contributed by atoms with Gasteiger partial charge in [0.05, 0.1) is 19.0 Å². The Hall–Kier alpha value is -1.80. The van der Waals surface area contributed by atoms with Gasteiger partial charge in [0.1, 0.15) is 0 Å². The molecule has 2 fully saturated rings. The van der Waals surface area contributed by atoms with Crippen LogP contribution in [0, 0.1) is 5.92 Å². The van der Waals surface area contributed by atoms with Gasteiger partial charge in [-0.05, 0) is 55.2 Å². The predicted molar refractivity (Wildman–Crippen MR) is 127 cm³/mol. The molecule has 174 valence electrons. The molecule has 7 heteroatoms. The fraction of sp³-hybridized carbons (Fsp3) is 0.560. The van der Waals surface area contributed by atoms with E-state index in [0.717, 1.165) is 51.7 Å². The standard InChI is InChI=1S/C25H35N3O3S/c1-32(29,30)27-25-13-15-28(17-20-6-5-14-26-16-20)18-23(25)19-31-24-11-9-22(10-12-24)21-7-3-2-4-8-21/h2-8,14,16,22-25,27H,9-13,15,17-19H2,1H3. The minimum Gasteiger partial charge on any atom is -0.378 e. The van der Waals surface area contributed by atoms with Gasteiger partial charge in [-0.15, -0.1) is 0 Å². The SMILES string of the molecule is CS(=O)(=O)NC1CCN(Cc2cccnc2)CC1COC1CCC(c2ccccc2)CC1. The van der Waals surface area contributed by atoms with Crippen molar-refractivity contribution in [3.63, 3.8) is 0 Å². The van der Waals surface area contributed by atoms with E-state index in [1.54, 1.807) is 6.20 Å². The Balaban J connectivity index is 1.32. The summed E-state index contributed by atoms with van der Waals surface area (Å²) in [4.78, 5) is 6.60. The summed E-state index contributed by atoms with van der Waals surface area (Å²) in [6.07, 6.45) is 10.4. The average molecular weight is 458 g/mol. The van der Waals surface area contributed by atoms with Gasteiger partial charge in [0.25, 0.3) is 0 Å². The number of piperidine rings is 1. The van der Waals surface area contributed by atoms with E-state index in [1.165, 1.54) is 17.4 Å². The topological polar surface area (TPSA) is 71.5 Å². The summed E-state index contributed by atoms with van der Waals surface area (Å²) >= 11 is 0. The zero-order valence-electron chi connectivity index (χ0n) is 18.9. The first-order chi connectivity index (χ1) is 15.5. The number of nitrogens with one attached hydrogen (secondary N) is 1. The molecule has 0 radical (unpaired) electrons. The first kappa shape index (κ1) is 23.4. The summed E-state index contributed by atoms with van der Waals surface area (Å²) in [6, 6.07) is 14.7. The van der Waals surface area contributed by atoms with Crippen molar-refractivity contribution < 1.29 is 13.2 Å². The third kappa shape index (κ3) is 6.85. The highest BCUT2D eigenvalue weighted by molar-refractivity contribution is 7.88. The van der Waals surface area contributed by atoms with Crippen molar-refractivity contribution in [1.82, 2.24) is 14.6 Å². The first-order valence-corrected chi connectivity index (χ1v) is 13.6. The molecule has 1 aromatic heterocycles. The lowest BCUT2D eigenvalue weighted by Crippen LogP contribution is -2.52. The fourth-order valence-electron chi connectivity index (χ4n) is 5.15. The molecule has 2 heterocycles. The molecule has 32 heavy (non-hydrogen) atoms. The highest BCUT2D eigenvalue weighted by Crippen LogP contribution is 2.34. The van der Waals surface area contributed by atoms with E-state index < -0.39 is 10.0 Å². The Morgan fingerprint density at radius 1 is 1.06 bits per heavy atom. The van der Waals surface area contributed by atoms with E-state index in [-0.39, 0.29) is 18.1 Å². The van der Waals surface area contributed by atoms with E-state index in [9.17, 15) is 8.42 Å². The van der Waals surface area contributed by atoms with Crippen molar-refractivity contribution in [2.24, 2.45) is 5.92 Å². The van der Waals surface area contributed by atoms with Crippen molar-refractivity contribution in [2.75, 3.05) is 26.0 Å². The third-order valence-corrected chi connectivity index (χ3v) is 7.53. The summed E-state index contributed by atoms with van der Waals surface area (Å²) in [7, 11) is -3.25. The second kappa shape index (κ2) is 10.9. The average Bonchev–Trinajstić information content (AvgIpc) is 2.80. The fourth-order valence-corrected chi connectivity index (χ4v) is 6.01. The van der Waals surface area contributed by atoms with Crippen molar-refractivity contribution >= 4 is 10.0 Å². The van der Waals surface area contributed by atoms with Gasteiger partial charge in [-0.25, -0.2) is 13.1 Å². The molecule has 0 bridgehead atoms. The van der Waals surface area contributed by atoms with Gasteiger partial charge in [0, 0.05) is 44.0 Å². The Bertz CT molecular complexity index is 931. The first-order valence-electron chi connectivity index (χ1n) is 11.7. The van der Waals surface area contributed by atoms with E-state index in [2.05, 4.69) is 51.0 Å². The van der Waals surface area contributed by atoms with E-state index in [1.807, 2.05) is 12.3 Å². The lowest BCUT2D eigenvalue weighted by molar-refractivity contribution is -0.0179. The van der Waals surface area contributed by atoms with Crippen LogP contribution in [0.15, 0.2) is 54.9 Å². The number of likely N-dealkylation sites (tertiary alicyclic amines) is 1. The molecule has 1 aliphatic heterocycles. The number of ether oxygens (including phenoxy) is 1. The molecule has 0 amide bonds. The van der Waals surface area contributed by atoms with Crippen LogP contribution in [0.1, 0.15) is 49.1 Å². The summed E-state index contributed by atoms with van der Waals surface area (Å²) in [5, 5.41) is 0. The van der Waals surface area contributed by atoms with E-state index in [4.69, 9.17) is 4.74 Å². The monoisotopic (exact) mass is 457 g/mol. The second-order valence-corrected chi connectivity index (χ2v) is 11.1. The second-order valence-electron chi connectivity index (χ2n) is 9.36. The maximum absolute atomic E-state index is 11.9. The number of rotatable bonds is 8. The van der Waals surface area contributed by atoms with Crippen molar-refractivity contribution in [3.8, 4) is 0 Å². The number of pyridine rings is 1.